The summed E-state index contributed by atoms with van der Waals surface area (Å²) in [4.78, 5) is 12.1. The van der Waals surface area contributed by atoms with Crippen LogP contribution in [-0.2, 0) is 11.2 Å². The summed E-state index contributed by atoms with van der Waals surface area (Å²) in [6.07, 6.45) is 0.662. The lowest BCUT2D eigenvalue weighted by molar-refractivity contribution is -0.118. The fourth-order valence-electron chi connectivity index (χ4n) is 2.71. The molecule has 0 aliphatic carbocycles. The summed E-state index contributed by atoms with van der Waals surface area (Å²) in [5.41, 5.74) is 3.12. The summed E-state index contributed by atoms with van der Waals surface area (Å²) in [7, 11) is 0. The molecule has 0 radical (unpaired) electrons. The summed E-state index contributed by atoms with van der Waals surface area (Å²) < 4.78 is 14.9. The van der Waals surface area contributed by atoms with Crippen molar-refractivity contribution in [3.63, 3.8) is 0 Å². The van der Waals surface area contributed by atoms with Gasteiger partial charge >= 0.3 is 0 Å². The van der Waals surface area contributed by atoms with Crippen LogP contribution >= 0.6 is 11.8 Å². The quantitative estimate of drug-likeness (QED) is 0.634. The first-order valence-corrected chi connectivity index (χ1v) is 9.65. The molecule has 5 nitrogen and oxygen atoms in total. The highest BCUT2D eigenvalue weighted by molar-refractivity contribution is 7.99. The van der Waals surface area contributed by atoms with E-state index in [9.17, 15) is 9.18 Å². The van der Waals surface area contributed by atoms with Gasteiger partial charge in [0, 0.05) is 6.54 Å². The number of nitrogens with zero attached hydrogens (tertiary/aromatic N) is 3. The van der Waals surface area contributed by atoms with E-state index in [0.717, 1.165) is 22.6 Å². The minimum Gasteiger partial charge on any atom is -0.355 e. The molecule has 1 heterocycles. The number of benzene rings is 2. The Bertz CT molecular complexity index is 924. The Labute approximate surface area is 162 Å². The van der Waals surface area contributed by atoms with Crippen molar-refractivity contribution in [1.29, 1.82) is 0 Å². The number of nitrogens with one attached hydrogen (secondary N) is 1. The highest BCUT2D eigenvalue weighted by Crippen LogP contribution is 2.23. The van der Waals surface area contributed by atoms with Gasteiger partial charge in [-0.2, -0.15) is 0 Å². The maximum absolute atomic E-state index is 12.9. The lowest BCUT2D eigenvalue weighted by Crippen LogP contribution is -2.27. The van der Waals surface area contributed by atoms with Crippen molar-refractivity contribution in [3.8, 4) is 5.69 Å². The molecule has 0 spiro atoms. The fourth-order valence-corrected chi connectivity index (χ4v) is 3.53. The standard InChI is InChI=1S/C20H21FN4OS/c1-14-5-3-4-6-18(14)25-15(2)23-24-20(25)27-13-19(26)22-12-11-16-7-9-17(21)10-8-16/h3-10H,11-13H2,1-2H3,(H,22,26). The fraction of sp³-hybridized carbons (Fsp3) is 0.250. The molecule has 1 amide bonds. The zero-order valence-corrected chi connectivity index (χ0v) is 16.1. The Hall–Kier alpha value is -2.67. The van der Waals surface area contributed by atoms with Crippen LogP contribution in [0.3, 0.4) is 0 Å². The van der Waals surface area contributed by atoms with Gasteiger partial charge in [-0.3, -0.25) is 9.36 Å². The number of carbonyl (C=O) groups is 1. The van der Waals surface area contributed by atoms with Crippen LogP contribution in [0.25, 0.3) is 5.69 Å². The number of hydrogen-bond acceptors (Lipinski definition) is 4. The number of para-hydroxylation sites is 1. The molecule has 0 unspecified atom stereocenters. The van der Waals surface area contributed by atoms with Gasteiger partial charge in [0.1, 0.15) is 11.6 Å². The molecule has 1 N–H and O–H groups in total. The molecule has 2 aromatic carbocycles. The van der Waals surface area contributed by atoms with Crippen molar-refractivity contribution in [2.75, 3.05) is 12.3 Å². The highest BCUT2D eigenvalue weighted by Gasteiger charge is 2.14. The Kier molecular flexibility index (Phi) is 6.24. The van der Waals surface area contributed by atoms with Crippen molar-refractivity contribution in [2.45, 2.75) is 25.4 Å². The van der Waals surface area contributed by atoms with Crippen molar-refractivity contribution >= 4 is 17.7 Å². The number of halogens is 1. The van der Waals surface area contributed by atoms with Gasteiger partial charge in [0.15, 0.2) is 5.16 Å². The van der Waals surface area contributed by atoms with Gasteiger partial charge < -0.3 is 5.32 Å². The second-order valence-corrected chi connectivity index (χ2v) is 7.11. The van der Waals surface area contributed by atoms with Crippen LogP contribution in [0.4, 0.5) is 4.39 Å². The number of amides is 1. The molecule has 0 bridgehead atoms. The third-order valence-electron chi connectivity index (χ3n) is 4.13. The molecule has 27 heavy (non-hydrogen) atoms. The van der Waals surface area contributed by atoms with Crippen molar-refractivity contribution in [1.82, 2.24) is 20.1 Å². The number of thioether (sulfide) groups is 1. The maximum atomic E-state index is 12.9. The largest absolute Gasteiger partial charge is 0.355 e. The average molecular weight is 384 g/mol. The molecular formula is C20H21FN4OS. The monoisotopic (exact) mass is 384 g/mol. The molecule has 0 saturated carbocycles. The van der Waals surface area contributed by atoms with Gasteiger partial charge in [0.2, 0.25) is 5.91 Å². The van der Waals surface area contributed by atoms with Crippen LogP contribution in [0, 0.1) is 19.7 Å². The number of hydrogen-bond donors (Lipinski definition) is 1. The van der Waals surface area contributed by atoms with Crippen LogP contribution in [0.1, 0.15) is 17.0 Å². The predicted octanol–water partition coefficient (Wildman–Crippen LogP) is 3.47. The number of aromatic nitrogens is 3. The van der Waals surface area contributed by atoms with Crippen molar-refractivity contribution < 1.29 is 9.18 Å². The van der Waals surface area contributed by atoms with Gasteiger partial charge in [-0.1, -0.05) is 42.1 Å². The van der Waals surface area contributed by atoms with Crippen molar-refractivity contribution in [2.24, 2.45) is 0 Å². The summed E-state index contributed by atoms with van der Waals surface area (Å²) >= 11 is 1.36. The molecule has 140 valence electrons. The molecule has 0 saturated heterocycles. The van der Waals surface area contributed by atoms with Crippen LogP contribution in [0.2, 0.25) is 0 Å². The second-order valence-electron chi connectivity index (χ2n) is 6.17. The lowest BCUT2D eigenvalue weighted by atomic mass is 10.1. The van der Waals surface area contributed by atoms with Crippen LogP contribution in [-0.4, -0.2) is 33.0 Å². The van der Waals surface area contributed by atoms with E-state index in [1.54, 1.807) is 12.1 Å². The first-order valence-electron chi connectivity index (χ1n) is 8.66. The zero-order chi connectivity index (χ0) is 19.2. The van der Waals surface area contributed by atoms with E-state index >= 15 is 0 Å². The van der Waals surface area contributed by atoms with Crippen LogP contribution in [0.5, 0.6) is 0 Å². The molecule has 7 heteroatoms. The number of carbonyl (C=O) groups excluding carboxylic acids is 1. The van der Waals surface area contributed by atoms with Gasteiger partial charge in [0.05, 0.1) is 11.4 Å². The molecule has 3 rings (SSSR count). The Balaban J connectivity index is 1.55. The zero-order valence-electron chi connectivity index (χ0n) is 15.3. The Morgan fingerprint density at radius 2 is 1.85 bits per heavy atom. The minimum absolute atomic E-state index is 0.0703. The molecule has 0 atom stereocenters. The summed E-state index contributed by atoms with van der Waals surface area (Å²) in [5, 5.41) is 11.9. The minimum atomic E-state index is -0.257. The van der Waals surface area contributed by atoms with Gasteiger partial charge in [0.25, 0.3) is 0 Å². The number of rotatable bonds is 7. The summed E-state index contributed by atoms with van der Waals surface area (Å²) in [5.74, 6) is 0.711. The third-order valence-corrected chi connectivity index (χ3v) is 5.06. The molecule has 0 aliphatic rings. The third kappa shape index (κ3) is 4.95. The highest BCUT2D eigenvalue weighted by atomic mass is 32.2. The van der Waals surface area contributed by atoms with E-state index in [0.29, 0.717) is 18.1 Å². The van der Waals surface area contributed by atoms with E-state index in [-0.39, 0.29) is 17.5 Å². The molecule has 3 aromatic rings. The summed E-state index contributed by atoms with van der Waals surface area (Å²) in [6.45, 7) is 4.44. The van der Waals surface area contributed by atoms with Crippen LogP contribution in [0.15, 0.2) is 53.7 Å². The first kappa shape index (κ1) is 19.1. The summed E-state index contributed by atoms with van der Waals surface area (Å²) in [6, 6.07) is 14.3. The normalized spacial score (nSPS) is 10.8. The van der Waals surface area contributed by atoms with Crippen LogP contribution < -0.4 is 5.32 Å². The molecule has 0 fully saturated rings. The van der Waals surface area contributed by atoms with Gasteiger partial charge in [-0.15, -0.1) is 10.2 Å². The average Bonchev–Trinajstić information content (AvgIpc) is 3.02. The maximum Gasteiger partial charge on any atom is 0.230 e. The first-order chi connectivity index (χ1) is 13.0. The van der Waals surface area contributed by atoms with Gasteiger partial charge in [-0.05, 0) is 49.6 Å². The Morgan fingerprint density at radius 1 is 1.11 bits per heavy atom. The van der Waals surface area contributed by atoms with E-state index in [2.05, 4.69) is 15.5 Å². The topological polar surface area (TPSA) is 59.8 Å². The Morgan fingerprint density at radius 3 is 2.59 bits per heavy atom. The van der Waals surface area contributed by atoms with E-state index in [4.69, 9.17) is 0 Å². The number of aryl methyl sites for hydroxylation is 2. The smallest absolute Gasteiger partial charge is 0.230 e. The van der Waals surface area contributed by atoms with E-state index in [1.165, 1.54) is 23.9 Å². The van der Waals surface area contributed by atoms with Gasteiger partial charge in [-0.25, -0.2) is 4.39 Å². The molecule has 1 aromatic heterocycles. The van der Waals surface area contributed by atoms with Crippen molar-refractivity contribution in [3.05, 3.63) is 71.3 Å². The van der Waals surface area contributed by atoms with E-state index < -0.39 is 0 Å². The van der Waals surface area contributed by atoms with E-state index in [1.807, 2.05) is 42.7 Å². The predicted molar refractivity (Wildman–Crippen MR) is 105 cm³/mol. The molecular weight excluding hydrogens is 363 g/mol. The SMILES string of the molecule is Cc1ccccc1-n1c(C)nnc1SCC(=O)NCCc1ccc(F)cc1. The molecule has 0 aliphatic heterocycles. The second kappa shape index (κ2) is 8.81. The lowest BCUT2D eigenvalue weighted by Gasteiger charge is -2.11.